The van der Waals surface area contributed by atoms with Gasteiger partial charge in [-0.1, -0.05) is 25.6 Å². The van der Waals surface area contributed by atoms with Gasteiger partial charge in [-0.25, -0.2) is 14.4 Å². The molecule has 45 heavy (non-hydrogen) atoms. The van der Waals surface area contributed by atoms with Crippen molar-refractivity contribution >= 4 is 40.9 Å². The van der Waals surface area contributed by atoms with Crippen molar-refractivity contribution in [1.82, 2.24) is 0 Å². The second-order valence-electron chi connectivity index (χ2n) is 9.65. The zero-order valence-corrected chi connectivity index (χ0v) is 24.5. The highest BCUT2D eigenvalue weighted by Crippen LogP contribution is 2.26. The molecule has 230 valence electrons. The summed E-state index contributed by atoms with van der Waals surface area (Å²) >= 11 is 0. The third kappa shape index (κ3) is 9.11. The summed E-state index contributed by atoms with van der Waals surface area (Å²) in [5.41, 5.74) is 1.23. The number of hydrogen-bond donors (Lipinski definition) is 0. The molecule has 0 atom stereocenters. The van der Waals surface area contributed by atoms with E-state index in [-0.39, 0.29) is 24.4 Å². The summed E-state index contributed by atoms with van der Waals surface area (Å²) in [6, 6.07) is 20.9. The summed E-state index contributed by atoms with van der Waals surface area (Å²) in [5, 5.41) is 1.40. The topological polar surface area (TPSA) is 132 Å². The molecule has 0 aliphatic heterocycles. The van der Waals surface area contributed by atoms with Crippen LogP contribution in [0, 0.1) is 0 Å². The van der Waals surface area contributed by atoms with E-state index in [1.807, 2.05) is 6.92 Å². The zero-order chi connectivity index (χ0) is 32.2. The van der Waals surface area contributed by atoms with Crippen LogP contribution in [0.3, 0.4) is 0 Å². The molecule has 4 aromatic rings. The van der Waals surface area contributed by atoms with Gasteiger partial charge in [0.05, 0.1) is 24.0 Å². The van der Waals surface area contributed by atoms with Gasteiger partial charge in [0.2, 0.25) is 6.29 Å². The molecular weight excluding hydrogens is 580 g/mol. The Morgan fingerprint density at radius 2 is 1.36 bits per heavy atom. The number of ether oxygens (including phenoxy) is 5. The summed E-state index contributed by atoms with van der Waals surface area (Å²) in [6.45, 7) is 5.63. The fourth-order valence-electron chi connectivity index (χ4n) is 4.28. The van der Waals surface area contributed by atoms with E-state index in [4.69, 9.17) is 18.9 Å². The van der Waals surface area contributed by atoms with Crippen LogP contribution in [0.5, 0.6) is 23.0 Å². The summed E-state index contributed by atoms with van der Waals surface area (Å²) in [4.78, 5) is 58.9. The van der Waals surface area contributed by atoms with Gasteiger partial charge in [-0.15, -0.1) is 0 Å². The minimum Gasteiger partial charge on any atom is -0.494 e. The van der Waals surface area contributed by atoms with Crippen molar-refractivity contribution in [2.45, 2.75) is 32.6 Å². The Kier molecular flexibility index (Phi) is 11.2. The van der Waals surface area contributed by atoms with Gasteiger partial charge >= 0.3 is 23.9 Å². The molecule has 4 aromatic carbocycles. The molecule has 0 heterocycles. The van der Waals surface area contributed by atoms with Gasteiger partial charge in [0, 0.05) is 6.42 Å². The third-order valence-electron chi connectivity index (χ3n) is 6.53. The highest BCUT2D eigenvalue weighted by molar-refractivity contribution is 6.21. The van der Waals surface area contributed by atoms with Crippen LogP contribution in [0.1, 0.15) is 52.5 Å². The smallest absolute Gasteiger partial charge is 0.376 e. The van der Waals surface area contributed by atoms with Gasteiger partial charge in [-0.05, 0) is 102 Å². The fourth-order valence-corrected chi connectivity index (χ4v) is 4.28. The number of carbonyl (C=O) groups is 5. The van der Waals surface area contributed by atoms with Crippen molar-refractivity contribution in [3.63, 3.8) is 0 Å². The quantitative estimate of drug-likeness (QED) is 0.0407. The molecule has 0 spiro atoms. The van der Waals surface area contributed by atoms with Gasteiger partial charge in [0.1, 0.15) is 23.0 Å². The van der Waals surface area contributed by atoms with E-state index in [0.717, 1.165) is 6.26 Å². The Bertz CT molecular complexity index is 1720. The van der Waals surface area contributed by atoms with Crippen LogP contribution < -0.4 is 18.9 Å². The zero-order valence-electron chi connectivity index (χ0n) is 24.5. The molecule has 0 unspecified atom stereocenters. The predicted molar refractivity (Wildman–Crippen MR) is 163 cm³/mol. The Hall–Kier alpha value is -5.77. The van der Waals surface area contributed by atoms with Crippen molar-refractivity contribution in [2.75, 3.05) is 6.61 Å². The maximum absolute atomic E-state index is 13.0. The Balaban J connectivity index is 1.33. The number of unbranched alkanes of at least 4 members (excludes halogenated alkanes) is 1. The number of aryl methyl sites for hydroxylation is 1. The number of aldehydes is 1. The maximum Gasteiger partial charge on any atom is 0.376 e. The van der Waals surface area contributed by atoms with E-state index in [0.29, 0.717) is 70.6 Å². The van der Waals surface area contributed by atoms with Crippen molar-refractivity contribution in [3.05, 3.63) is 108 Å². The lowest BCUT2D eigenvalue weighted by Crippen LogP contribution is -2.12. The minimum atomic E-state index is -1.00. The standard InChI is InChI=1S/C35H30O10/c1-3-23-19-27(34(39)44-29-15-13-28(14-16-29)42-18-6-5-7-32(37)41-4-2)11-17-31(23)45-35(40)26-9-8-25-21-30(43-33(38)22-36)12-10-24(25)20-26/h4,8-17,19-22H,2-3,5-7,18H2,1H3. The maximum atomic E-state index is 13.0. The lowest BCUT2D eigenvalue weighted by Gasteiger charge is -2.12. The van der Waals surface area contributed by atoms with Gasteiger partial charge < -0.3 is 23.7 Å². The van der Waals surface area contributed by atoms with Gasteiger partial charge in [-0.2, -0.15) is 0 Å². The van der Waals surface area contributed by atoms with Gasteiger partial charge in [0.15, 0.2) is 0 Å². The molecule has 4 rings (SSSR count). The molecule has 0 aliphatic carbocycles. The van der Waals surface area contributed by atoms with Crippen LogP contribution in [-0.4, -0.2) is 36.8 Å². The normalized spacial score (nSPS) is 10.4. The van der Waals surface area contributed by atoms with E-state index >= 15 is 0 Å². The van der Waals surface area contributed by atoms with Crippen molar-refractivity contribution in [3.8, 4) is 23.0 Å². The molecule has 0 saturated heterocycles. The average molecular weight is 611 g/mol. The van der Waals surface area contributed by atoms with Crippen LogP contribution in [0.25, 0.3) is 10.8 Å². The van der Waals surface area contributed by atoms with E-state index in [9.17, 15) is 24.0 Å². The fraction of sp³-hybridized carbons (Fsp3) is 0.171. The molecule has 0 saturated carbocycles. The van der Waals surface area contributed by atoms with Crippen molar-refractivity contribution in [2.24, 2.45) is 0 Å². The predicted octanol–water partition coefficient (Wildman–Crippen LogP) is 6.18. The molecule has 10 heteroatoms. The number of hydrogen-bond acceptors (Lipinski definition) is 10. The SMILES string of the molecule is C=COC(=O)CCCCOc1ccc(OC(=O)c2ccc(OC(=O)c3ccc4cc(OC(=O)C=O)ccc4c3)c(CC)c2)cc1. The molecule has 0 amide bonds. The van der Waals surface area contributed by atoms with Crippen LogP contribution in [-0.2, 0) is 25.5 Å². The average Bonchev–Trinajstić information content (AvgIpc) is 3.05. The second-order valence-corrected chi connectivity index (χ2v) is 9.65. The summed E-state index contributed by atoms with van der Waals surface area (Å²) in [6.07, 6.45) is 3.25. The van der Waals surface area contributed by atoms with E-state index < -0.39 is 17.9 Å². The Morgan fingerprint density at radius 3 is 2.09 bits per heavy atom. The summed E-state index contributed by atoms with van der Waals surface area (Å²) in [7, 11) is 0. The first-order valence-corrected chi connectivity index (χ1v) is 14.1. The lowest BCUT2D eigenvalue weighted by atomic mass is 10.1. The molecule has 0 fully saturated rings. The van der Waals surface area contributed by atoms with Crippen molar-refractivity contribution in [1.29, 1.82) is 0 Å². The third-order valence-corrected chi connectivity index (χ3v) is 6.53. The molecule has 0 radical (unpaired) electrons. The van der Waals surface area contributed by atoms with E-state index in [1.54, 1.807) is 66.7 Å². The number of esters is 4. The molecular formula is C35H30O10. The molecule has 0 aromatic heterocycles. The van der Waals surface area contributed by atoms with Crippen LogP contribution >= 0.6 is 0 Å². The molecule has 0 aliphatic rings. The monoisotopic (exact) mass is 610 g/mol. The number of carbonyl (C=O) groups excluding carboxylic acids is 5. The first-order chi connectivity index (χ1) is 21.8. The molecule has 10 nitrogen and oxygen atoms in total. The first-order valence-electron chi connectivity index (χ1n) is 14.1. The highest BCUT2D eigenvalue weighted by atomic mass is 16.5. The van der Waals surface area contributed by atoms with Gasteiger partial charge in [-0.3, -0.25) is 9.59 Å². The van der Waals surface area contributed by atoms with Crippen molar-refractivity contribution < 1.29 is 47.7 Å². The van der Waals surface area contributed by atoms with E-state index in [2.05, 4.69) is 11.3 Å². The number of rotatable bonds is 14. The van der Waals surface area contributed by atoms with Crippen LogP contribution in [0.2, 0.25) is 0 Å². The Labute approximate surface area is 259 Å². The van der Waals surface area contributed by atoms with E-state index in [1.165, 1.54) is 12.1 Å². The summed E-state index contributed by atoms with van der Waals surface area (Å²) in [5.74, 6) is -1.05. The lowest BCUT2D eigenvalue weighted by molar-refractivity contribution is -0.141. The minimum absolute atomic E-state index is 0.0820. The largest absolute Gasteiger partial charge is 0.494 e. The number of benzene rings is 4. The van der Waals surface area contributed by atoms with Crippen LogP contribution in [0.15, 0.2) is 91.7 Å². The first kappa shape index (κ1) is 32.2. The second kappa shape index (κ2) is 15.6. The number of fused-ring (bicyclic) bond motifs is 1. The summed E-state index contributed by atoms with van der Waals surface area (Å²) < 4.78 is 26.4. The Morgan fingerprint density at radius 1 is 0.711 bits per heavy atom. The van der Waals surface area contributed by atoms with Crippen LogP contribution in [0.4, 0.5) is 0 Å². The molecule has 0 bridgehead atoms. The van der Waals surface area contributed by atoms with Gasteiger partial charge in [0.25, 0.3) is 0 Å². The molecule has 0 N–H and O–H groups in total. The highest BCUT2D eigenvalue weighted by Gasteiger charge is 2.16.